The monoisotopic (exact) mass is 345 g/mol. The number of thiazole rings is 1. The number of hydrogen-bond acceptors (Lipinski definition) is 3. The highest BCUT2D eigenvalue weighted by Crippen LogP contribution is 2.39. The van der Waals surface area contributed by atoms with Gasteiger partial charge in [-0.15, -0.1) is 13.2 Å². The van der Waals surface area contributed by atoms with Gasteiger partial charge in [0.2, 0.25) is 0 Å². The molecule has 3 rings (SSSR count). The van der Waals surface area contributed by atoms with Gasteiger partial charge in [-0.2, -0.15) is 0 Å². The lowest BCUT2D eigenvalue weighted by molar-refractivity contribution is -0.274. The van der Waals surface area contributed by atoms with Gasteiger partial charge < -0.3 is 9.72 Å². The van der Waals surface area contributed by atoms with Crippen LogP contribution in [0.15, 0.2) is 41.2 Å². The number of nitrogens with one attached hydrogen (secondary N) is 1. The van der Waals surface area contributed by atoms with Crippen molar-refractivity contribution in [3.8, 4) is 16.9 Å². The zero-order valence-electron chi connectivity index (χ0n) is 10.7. The van der Waals surface area contributed by atoms with E-state index in [9.17, 15) is 18.0 Å². The molecular formula is C14H7ClF3NO2S. The molecular weight excluding hydrogens is 339 g/mol. The molecule has 0 saturated carbocycles. The Bertz CT molecular complexity index is 901. The van der Waals surface area contributed by atoms with Gasteiger partial charge in [0, 0.05) is 5.56 Å². The van der Waals surface area contributed by atoms with E-state index in [-0.39, 0.29) is 21.2 Å². The fourth-order valence-electron chi connectivity index (χ4n) is 2.10. The first-order chi connectivity index (χ1) is 10.3. The number of benzene rings is 2. The summed E-state index contributed by atoms with van der Waals surface area (Å²) in [6, 6.07) is 8.84. The molecule has 8 heteroatoms. The highest BCUT2D eigenvalue weighted by atomic mass is 35.5. The zero-order valence-corrected chi connectivity index (χ0v) is 12.3. The van der Waals surface area contributed by atoms with Crippen molar-refractivity contribution < 1.29 is 17.9 Å². The molecule has 0 aliphatic heterocycles. The standard InChI is InChI=1S/C14H7ClF3NO2S/c15-8-2-1-3-10(21-14(16,17)18)12(8)7-4-5-9-11(6-7)22-13(20)19-9/h1-6H,(H,19,20). The molecule has 0 radical (unpaired) electrons. The number of fused-ring (bicyclic) bond motifs is 1. The average molecular weight is 346 g/mol. The maximum Gasteiger partial charge on any atom is 0.573 e. The van der Waals surface area contributed by atoms with E-state index in [1.165, 1.54) is 18.2 Å². The van der Waals surface area contributed by atoms with Crippen molar-refractivity contribution >= 4 is 33.2 Å². The molecule has 3 nitrogen and oxygen atoms in total. The Labute approximate surface area is 130 Å². The van der Waals surface area contributed by atoms with E-state index >= 15 is 0 Å². The summed E-state index contributed by atoms with van der Waals surface area (Å²) < 4.78 is 42.2. The van der Waals surface area contributed by atoms with Crippen molar-refractivity contribution in [3.63, 3.8) is 0 Å². The van der Waals surface area contributed by atoms with Gasteiger partial charge in [0.15, 0.2) is 0 Å². The van der Waals surface area contributed by atoms with Crippen LogP contribution < -0.4 is 9.61 Å². The Kier molecular flexibility index (Phi) is 3.62. The fraction of sp³-hybridized carbons (Fsp3) is 0.0714. The van der Waals surface area contributed by atoms with E-state index < -0.39 is 6.36 Å². The predicted molar refractivity (Wildman–Crippen MR) is 79.6 cm³/mol. The molecule has 22 heavy (non-hydrogen) atoms. The minimum absolute atomic E-state index is 0.129. The fourth-order valence-corrected chi connectivity index (χ4v) is 3.15. The molecule has 114 valence electrons. The van der Waals surface area contributed by atoms with Crippen LogP contribution in [0.1, 0.15) is 0 Å². The molecule has 1 N–H and O–H groups in total. The van der Waals surface area contributed by atoms with E-state index in [1.54, 1.807) is 18.2 Å². The largest absolute Gasteiger partial charge is 0.573 e. The maximum absolute atomic E-state index is 12.5. The molecule has 0 bridgehead atoms. The summed E-state index contributed by atoms with van der Waals surface area (Å²) in [5.41, 5.74) is 1.18. The molecule has 1 aromatic heterocycles. The van der Waals surface area contributed by atoms with Crippen LogP contribution in [0.4, 0.5) is 13.2 Å². The first-order valence-electron chi connectivity index (χ1n) is 6.01. The Morgan fingerprint density at radius 2 is 1.95 bits per heavy atom. The number of ether oxygens (including phenoxy) is 1. The number of alkyl halides is 3. The second-order valence-electron chi connectivity index (χ2n) is 4.39. The molecule has 3 aromatic rings. The summed E-state index contributed by atoms with van der Waals surface area (Å²) in [7, 11) is 0. The zero-order chi connectivity index (χ0) is 15.9. The molecule has 1 heterocycles. The Morgan fingerprint density at radius 1 is 1.18 bits per heavy atom. The molecule has 0 amide bonds. The summed E-state index contributed by atoms with van der Waals surface area (Å²) in [4.78, 5) is 13.7. The lowest BCUT2D eigenvalue weighted by Crippen LogP contribution is -2.17. The number of aromatic amines is 1. The van der Waals surface area contributed by atoms with Crippen molar-refractivity contribution in [1.29, 1.82) is 0 Å². The number of aromatic nitrogens is 1. The number of hydrogen-bond donors (Lipinski definition) is 1. The number of rotatable bonds is 2. The van der Waals surface area contributed by atoms with Crippen LogP contribution in [0.5, 0.6) is 5.75 Å². The summed E-state index contributed by atoms with van der Waals surface area (Å²) in [5, 5.41) is 0.129. The summed E-state index contributed by atoms with van der Waals surface area (Å²) in [5.74, 6) is -0.387. The molecule has 0 unspecified atom stereocenters. The highest BCUT2D eigenvalue weighted by Gasteiger charge is 2.32. The lowest BCUT2D eigenvalue weighted by Gasteiger charge is -2.14. The quantitative estimate of drug-likeness (QED) is 0.724. The second kappa shape index (κ2) is 5.33. The van der Waals surface area contributed by atoms with Crippen LogP contribution in [0.25, 0.3) is 21.3 Å². The van der Waals surface area contributed by atoms with Crippen molar-refractivity contribution in [2.75, 3.05) is 0 Å². The van der Waals surface area contributed by atoms with Gasteiger partial charge in [0.1, 0.15) is 5.75 Å². The van der Waals surface area contributed by atoms with Crippen LogP contribution in [0, 0.1) is 0 Å². The van der Waals surface area contributed by atoms with Crippen LogP contribution in [-0.2, 0) is 0 Å². The van der Waals surface area contributed by atoms with Gasteiger partial charge in [-0.1, -0.05) is 35.1 Å². The Morgan fingerprint density at radius 3 is 2.68 bits per heavy atom. The SMILES string of the molecule is O=c1[nH]c2ccc(-c3c(Cl)cccc3OC(F)(F)F)cc2s1. The molecule has 0 saturated heterocycles. The number of halogens is 4. The third kappa shape index (κ3) is 2.95. The minimum Gasteiger partial charge on any atom is -0.405 e. The first kappa shape index (κ1) is 14.9. The Hall–Kier alpha value is -1.99. The van der Waals surface area contributed by atoms with Crippen LogP contribution >= 0.6 is 22.9 Å². The van der Waals surface area contributed by atoms with Crippen molar-refractivity contribution in [1.82, 2.24) is 4.98 Å². The van der Waals surface area contributed by atoms with E-state index in [2.05, 4.69) is 9.72 Å². The van der Waals surface area contributed by atoms with Crippen LogP contribution in [0.3, 0.4) is 0 Å². The number of H-pyrrole nitrogens is 1. The molecule has 2 aromatic carbocycles. The van der Waals surface area contributed by atoms with Crippen molar-refractivity contribution in [2.45, 2.75) is 6.36 Å². The summed E-state index contributed by atoms with van der Waals surface area (Å²) in [6.45, 7) is 0. The van der Waals surface area contributed by atoms with Crippen LogP contribution in [-0.4, -0.2) is 11.3 Å². The molecule has 0 atom stereocenters. The average Bonchev–Trinajstić information content (AvgIpc) is 2.76. The molecule has 0 fully saturated rings. The normalized spacial score (nSPS) is 11.8. The predicted octanol–water partition coefficient (Wildman–Crippen LogP) is 4.81. The van der Waals surface area contributed by atoms with Gasteiger partial charge in [0.25, 0.3) is 0 Å². The van der Waals surface area contributed by atoms with Gasteiger partial charge in [0.05, 0.1) is 15.2 Å². The first-order valence-corrected chi connectivity index (χ1v) is 7.20. The van der Waals surface area contributed by atoms with Gasteiger partial charge in [-0.3, -0.25) is 4.79 Å². The molecule has 0 spiro atoms. The topological polar surface area (TPSA) is 42.1 Å². The third-order valence-corrected chi connectivity index (χ3v) is 4.07. The summed E-state index contributed by atoms with van der Waals surface area (Å²) >= 11 is 7.00. The smallest absolute Gasteiger partial charge is 0.405 e. The maximum atomic E-state index is 12.5. The van der Waals surface area contributed by atoms with Gasteiger partial charge in [-0.05, 0) is 29.8 Å². The highest BCUT2D eigenvalue weighted by molar-refractivity contribution is 7.16. The van der Waals surface area contributed by atoms with Gasteiger partial charge >= 0.3 is 11.2 Å². The van der Waals surface area contributed by atoms with Crippen molar-refractivity contribution in [2.24, 2.45) is 0 Å². The molecule has 0 aliphatic rings. The third-order valence-electron chi connectivity index (χ3n) is 2.91. The van der Waals surface area contributed by atoms with E-state index in [0.29, 0.717) is 15.8 Å². The van der Waals surface area contributed by atoms with Gasteiger partial charge in [-0.25, -0.2) is 0 Å². The lowest BCUT2D eigenvalue weighted by atomic mass is 10.0. The van der Waals surface area contributed by atoms with E-state index in [1.807, 2.05) is 0 Å². The Balaban J connectivity index is 2.18. The van der Waals surface area contributed by atoms with E-state index in [4.69, 9.17) is 11.6 Å². The second-order valence-corrected chi connectivity index (χ2v) is 5.81. The molecule has 0 aliphatic carbocycles. The summed E-state index contributed by atoms with van der Waals surface area (Å²) in [6.07, 6.45) is -4.82. The van der Waals surface area contributed by atoms with E-state index in [0.717, 1.165) is 11.3 Å². The van der Waals surface area contributed by atoms with Crippen molar-refractivity contribution in [3.05, 3.63) is 51.1 Å². The minimum atomic E-state index is -4.82. The van der Waals surface area contributed by atoms with Crippen LogP contribution in [0.2, 0.25) is 5.02 Å².